The molecule has 2 saturated heterocycles. The van der Waals surface area contributed by atoms with E-state index in [4.69, 9.17) is 24.7 Å². The van der Waals surface area contributed by atoms with Crippen LogP contribution in [-0.2, 0) is 28.5 Å². The summed E-state index contributed by atoms with van der Waals surface area (Å²) in [4.78, 5) is 25.8. The molecule has 0 saturated carbocycles. The highest BCUT2D eigenvalue weighted by molar-refractivity contribution is 5.79. The molecule has 2 fully saturated rings. The predicted molar refractivity (Wildman–Crippen MR) is 243 cm³/mol. The summed E-state index contributed by atoms with van der Waals surface area (Å²) in [5, 5.41) is 111. The van der Waals surface area contributed by atoms with Gasteiger partial charge in [0.25, 0.3) is 0 Å². The minimum absolute atomic E-state index is 0.115. The molecule has 0 aromatic heterocycles. The highest BCUT2D eigenvalue weighted by Gasteiger charge is 2.51. The van der Waals surface area contributed by atoms with E-state index in [9.17, 15) is 60.7 Å². The minimum atomic E-state index is -2.28. The first-order valence-corrected chi connectivity index (χ1v) is 22.8. The van der Waals surface area contributed by atoms with E-state index in [2.05, 4.69) is 5.32 Å². The first-order chi connectivity index (χ1) is 31.2. The molecule has 374 valence electrons. The van der Waals surface area contributed by atoms with Gasteiger partial charge in [-0.25, -0.2) is 0 Å². The number of rotatable bonds is 3. The zero-order valence-electron chi connectivity index (χ0n) is 38.6. The van der Waals surface area contributed by atoms with Gasteiger partial charge in [-0.15, -0.1) is 0 Å². The highest BCUT2D eigenvalue weighted by Crippen LogP contribution is 2.38. The van der Waals surface area contributed by atoms with Gasteiger partial charge in [0.15, 0.2) is 12.1 Å². The number of nitrogens with one attached hydrogen (secondary N) is 1. The van der Waals surface area contributed by atoms with Gasteiger partial charge in [0.05, 0.1) is 85.5 Å². The van der Waals surface area contributed by atoms with Crippen molar-refractivity contribution in [3.8, 4) is 0 Å². The monoisotopic (exact) mass is 937 g/mol. The molecule has 0 radical (unpaired) electrons. The van der Waals surface area contributed by atoms with Crippen molar-refractivity contribution in [2.24, 2.45) is 23.5 Å². The van der Waals surface area contributed by atoms with Gasteiger partial charge in [-0.1, -0.05) is 98.9 Å². The molecule has 18 nitrogen and oxygen atoms in total. The first-order valence-electron chi connectivity index (χ1n) is 22.8. The Kier molecular flexibility index (Phi) is 24.3. The number of carbonyl (C=O) groups excluding carboxylic acids is 2. The van der Waals surface area contributed by atoms with Gasteiger partial charge in [0, 0.05) is 38.1 Å². The average Bonchev–Trinajstić information content (AvgIpc) is 3.24. The molecule has 0 spiro atoms. The summed E-state index contributed by atoms with van der Waals surface area (Å²) in [6.45, 7) is 6.79. The Morgan fingerprint density at radius 2 is 1.23 bits per heavy atom. The Balaban J connectivity index is 1.88. The number of carbonyl (C=O) groups is 2. The number of fused-ring (bicyclic) bond motifs is 2. The number of aliphatic hydroxyl groups is 10. The number of cyclic esters (lactones) is 1. The third kappa shape index (κ3) is 18.6. The Labute approximate surface area is 388 Å². The molecule has 0 aliphatic carbocycles. The number of ether oxygens (including phenoxy) is 4. The van der Waals surface area contributed by atoms with Gasteiger partial charge in [0.2, 0.25) is 5.91 Å². The molecule has 1 amide bonds. The average molecular weight is 937 g/mol. The third-order valence-corrected chi connectivity index (χ3v) is 12.3. The van der Waals surface area contributed by atoms with E-state index in [0.29, 0.717) is 0 Å². The van der Waals surface area contributed by atoms with E-state index >= 15 is 0 Å². The van der Waals surface area contributed by atoms with Crippen LogP contribution in [0.4, 0.5) is 0 Å². The Hall–Kier alpha value is -3.44. The molecular formula is C48H76N2O16. The lowest BCUT2D eigenvalue weighted by Crippen LogP contribution is -2.62. The van der Waals surface area contributed by atoms with E-state index in [0.717, 1.165) is 0 Å². The van der Waals surface area contributed by atoms with Gasteiger partial charge < -0.3 is 81.1 Å². The van der Waals surface area contributed by atoms with Crippen LogP contribution in [0.3, 0.4) is 0 Å². The number of amides is 1. The fraction of sp³-hybridized carbons (Fsp3) is 0.667. The lowest BCUT2D eigenvalue weighted by Gasteiger charge is -2.46. The molecule has 3 aliphatic heterocycles. The van der Waals surface area contributed by atoms with Crippen molar-refractivity contribution in [2.45, 2.75) is 177 Å². The lowest BCUT2D eigenvalue weighted by atomic mass is 9.82. The summed E-state index contributed by atoms with van der Waals surface area (Å²) in [7, 11) is 1.36. The zero-order valence-corrected chi connectivity index (χ0v) is 38.6. The molecule has 4 unspecified atom stereocenters. The van der Waals surface area contributed by atoms with E-state index in [1.54, 1.807) is 69.4 Å². The summed E-state index contributed by atoms with van der Waals surface area (Å²) >= 11 is 0. The van der Waals surface area contributed by atoms with E-state index < -0.39 is 140 Å². The van der Waals surface area contributed by atoms with Crippen LogP contribution in [0.1, 0.15) is 79.1 Å². The SMILES string of the molecule is CNC(=O)[C@H]1[C@@H]2C[C@@H](OC3O[C@H](C)[C@@H](O)[C@H](N)[C@@H]3O)/C=C/C=C/C=C/C=C/C=C/C=C/C=C/[C@H](C)[C@@H](O)[C@@H](C)[C@H](C)OC(=O)CC(O)CC(O)CC(O)CC[C@@H](O)[C@H](O)C[C@](O)(C[C@@H]1O)O2. The van der Waals surface area contributed by atoms with Crippen LogP contribution in [0.5, 0.6) is 0 Å². The van der Waals surface area contributed by atoms with Crippen molar-refractivity contribution in [3.05, 3.63) is 85.1 Å². The van der Waals surface area contributed by atoms with Crippen molar-refractivity contribution in [1.29, 1.82) is 0 Å². The van der Waals surface area contributed by atoms with Gasteiger partial charge in [-0.05, 0) is 39.5 Å². The summed E-state index contributed by atoms with van der Waals surface area (Å²) in [5.74, 6) is -5.59. The molecule has 3 rings (SSSR count). The normalized spacial score (nSPS) is 44.9. The molecule has 3 aliphatic rings. The van der Waals surface area contributed by atoms with Crippen LogP contribution in [0.25, 0.3) is 0 Å². The largest absolute Gasteiger partial charge is 0.462 e. The number of allylic oxidation sites excluding steroid dienone is 12. The first kappa shape index (κ1) is 56.9. The molecule has 19 atom stereocenters. The fourth-order valence-electron chi connectivity index (χ4n) is 8.14. The van der Waals surface area contributed by atoms with Gasteiger partial charge in [-0.2, -0.15) is 0 Å². The summed E-state index contributed by atoms with van der Waals surface area (Å²) in [6.07, 6.45) is 5.02. The number of esters is 1. The van der Waals surface area contributed by atoms with Crippen molar-refractivity contribution in [1.82, 2.24) is 5.32 Å². The standard InChI is InChI=1S/C48H76N2O16/c1-28-18-16-14-12-10-8-6-7-9-11-13-15-17-19-35(65-47-45(60)42(49)44(59)31(4)64-47)25-39-41(46(61)50-5)38(56)27-48(62,66-39)26-37(55)36(54)21-20-32(51)22-33(52)23-34(53)24-40(57)63-30(3)29(2)43(28)58/h6-19,28-39,41-45,47,51-56,58-60,62H,20-27,49H2,1-5H3,(H,50,61)/b7-6+,10-8+,11-9+,14-12+,15-13+,18-16+,19-17+/t28-,29-,30-,31+,32?,33?,34?,35-,36+,37+,38-,39-,41+,42-,43+,44+,45-,47?,48+/m0/s1. The molecule has 0 aromatic carbocycles. The lowest BCUT2D eigenvalue weighted by molar-refractivity contribution is -0.308. The maximum Gasteiger partial charge on any atom is 0.308 e. The quantitative estimate of drug-likeness (QED) is 0.170. The second kappa shape index (κ2) is 28.1. The van der Waals surface area contributed by atoms with Crippen LogP contribution < -0.4 is 11.1 Å². The van der Waals surface area contributed by atoms with E-state index in [1.165, 1.54) is 7.05 Å². The second-order valence-electron chi connectivity index (χ2n) is 17.8. The molecule has 18 heteroatoms. The van der Waals surface area contributed by atoms with Crippen molar-refractivity contribution < 1.29 is 79.6 Å². The van der Waals surface area contributed by atoms with Crippen molar-refractivity contribution in [3.63, 3.8) is 0 Å². The van der Waals surface area contributed by atoms with Crippen molar-refractivity contribution >= 4 is 11.9 Å². The van der Waals surface area contributed by atoms with Crippen LogP contribution in [0, 0.1) is 17.8 Å². The third-order valence-electron chi connectivity index (χ3n) is 12.3. The molecule has 2 bridgehead atoms. The number of aliphatic hydroxyl groups excluding tert-OH is 9. The maximum atomic E-state index is 13.2. The zero-order chi connectivity index (χ0) is 49.1. The number of nitrogens with two attached hydrogens (primary N) is 1. The summed E-state index contributed by atoms with van der Waals surface area (Å²) in [5.41, 5.74) is 6.06. The molecule has 0 aromatic rings. The van der Waals surface area contributed by atoms with Gasteiger partial charge >= 0.3 is 5.97 Å². The van der Waals surface area contributed by atoms with Crippen molar-refractivity contribution in [2.75, 3.05) is 7.05 Å². The molecule has 13 N–H and O–H groups in total. The van der Waals surface area contributed by atoms with Gasteiger partial charge in [-0.3, -0.25) is 9.59 Å². The van der Waals surface area contributed by atoms with E-state index in [1.807, 2.05) is 43.4 Å². The summed E-state index contributed by atoms with van der Waals surface area (Å²) < 4.78 is 23.5. The fourth-order valence-corrected chi connectivity index (χ4v) is 8.14. The van der Waals surface area contributed by atoms with Crippen LogP contribution in [0.2, 0.25) is 0 Å². The van der Waals surface area contributed by atoms with Crippen LogP contribution in [-0.4, -0.2) is 167 Å². The number of hydrogen-bond donors (Lipinski definition) is 12. The topological polar surface area (TPSA) is 311 Å². The summed E-state index contributed by atoms with van der Waals surface area (Å²) in [6, 6.07) is -1.12. The Bertz CT molecular complexity index is 1690. The molecular weight excluding hydrogens is 861 g/mol. The highest BCUT2D eigenvalue weighted by atomic mass is 16.7. The predicted octanol–water partition coefficient (Wildman–Crippen LogP) is 0.373. The Morgan fingerprint density at radius 1 is 0.682 bits per heavy atom. The minimum Gasteiger partial charge on any atom is -0.462 e. The molecule has 3 heterocycles. The van der Waals surface area contributed by atoms with Gasteiger partial charge in [0.1, 0.15) is 12.2 Å². The smallest absolute Gasteiger partial charge is 0.308 e. The van der Waals surface area contributed by atoms with Crippen LogP contribution in [0.15, 0.2) is 85.1 Å². The number of hydrogen-bond acceptors (Lipinski definition) is 17. The second-order valence-corrected chi connectivity index (χ2v) is 17.8. The van der Waals surface area contributed by atoms with Crippen LogP contribution >= 0.6 is 0 Å². The Morgan fingerprint density at radius 3 is 1.82 bits per heavy atom. The van der Waals surface area contributed by atoms with E-state index in [-0.39, 0.29) is 38.0 Å². The molecule has 66 heavy (non-hydrogen) atoms. The maximum absolute atomic E-state index is 13.2.